The number of nitrogens with two attached hydrogens (primary N) is 1. The molecule has 0 amide bonds. The number of halogens is 1. The molecule has 1 aromatic rings. The van der Waals surface area contributed by atoms with Gasteiger partial charge in [-0.15, -0.1) is 0 Å². The number of ether oxygens (including phenoxy) is 2. The van der Waals surface area contributed by atoms with Crippen LogP contribution in [0.5, 0.6) is 0 Å². The summed E-state index contributed by atoms with van der Waals surface area (Å²) in [4.78, 5) is 0.0493. The summed E-state index contributed by atoms with van der Waals surface area (Å²) in [7, 11) is 3.20. The molecule has 0 aliphatic carbocycles. The second-order valence-electron chi connectivity index (χ2n) is 3.75. The van der Waals surface area contributed by atoms with Gasteiger partial charge in [0, 0.05) is 32.0 Å². The number of thiocarbonyl (C=S) groups is 1. The predicted octanol–water partition coefficient (Wildman–Crippen LogP) is 1.53. The van der Waals surface area contributed by atoms with Gasteiger partial charge in [0.05, 0.1) is 12.7 Å². The molecule has 0 aromatic heterocycles. The molecule has 1 rings (SSSR count). The molecule has 0 saturated heterocycles. The van der Waals surface area contributed by atoms with E-state index < -0.39 is 5.82 Å². The zero-order valence-electron chi connectivity index (χ0n) is 10.4. The monoisotopic (exact) mass is 272 g/mol. The second kappa shape index (κ2) is 7.25. The number of rotatable bonds is 7. The molecule has 1 aromatic carbocycles. The molecule has 6 heteroatoms. The summed E-state index contributed by atoms with van der Waals surface area (Å²) in [6.45, 7) is 0.993. The highest BCUT2D eigenvalue weighted by atomic mass is 32.1. The SMILES string of the molecule is COCC(CNc1ccc(C(N)=S)c(F)c1)OC. The summed E-state index contributed by atoms with van der Waals surface area (Å²) in [5.41, 5.74) is 6.27. The molecule has 0 heterocycles. The summed E-state index contributed by atoms with van der Waals surface area (Å²) < 4.78 is 23.8. The van der Waals surface area contributed by atoms with Crippen molar-refractivity contribution in [2.75, 3.05) is 32.7 Å². The van der Waals surface area contributed by atoms with Crippen molar-refractivity contribution < 1.29 is 13.9 Å². The van der Waals surface area contributed by atoms with Gasteiger partial charge < -0.3 is 20.5 Å². The third kappa shape index (κ3) is 4.21. The number of anilines is 1. The van der Waals surface area contributed by atoms with Gasteiger partial charge in [0.1, 0.15) is 10.8 Å². The van der Waals surface area contributed by atoms with Crippen LogP contribution in [-0.2, 0) is 9.47 Å². The molecule has 3 N–H and O–H groups in total. The van der Waals surface area contributed by atoms with Crippen LogP contribution >= 0.6 is 12.2 Å². The third-order valence-corrected chi connectivity index (χ3v) is 2.67. The first-order chi connectivity index (χ1) is 8.58. The maximum atomic E-state index is 13.6. The van der Waals surface area contributed by atoms with E-state index in [0.717, 1.165) is 0 Å². The fourth-order valence-corrected chi connectivity index (χ4v) is 1.62. The Kier molecular flexibility index (Phi) is 5.97. The van der Waals surface area contributed by atoms with Crippen LogP contribution in [0.2, 0.25) is 0 Å². The summed E-state index contributed by atoms with van der Waals surface area (Å²) in [6.07, 6.45) is -0.0895. The number of hydrogen-bond donors (Lipinski definition) is 2. The molecule has 18 heavy (non-hydrogen) atoms. The minimum absolute atomic E-state index is 0.0493. The average molecular weight is 272 g/mol. The smallest absolute Gasteiger partial charge is 0.135 e. The minimum atomic E-state index is -0.437. The Morgan fingerprint density at radius 1 is 1.50 bits per heavy atom. The molecule has 0 aliphatic heterocycles. The Labute approximate surface area is 111 Å². The van der Waals surface area contributed by atoms with Crippen LogP contribution in [-0.4, -0.2) is 38.5 Å². The molecule has 0 aliphatic rings. The van der Waals surface area contributed by atoms with Crippen LogP contribution in [0, 0.1) is 5.82 Å². The molecule has 1 atom stereocenters. The van der Waals surface area contributed by atoms with Crippen LogP contribution in [0.25, 0.3) is 0 Å². The van der Waals surface area contributed by atoms with Crippen LogP contribution in [0.1, 0.15) is 5.56 Å². The quantitative estimate of drug-likeness (QED) is 0.737. The summed E-state index contributed by atoms with van der Waals surface area (Å²) in [5, 5.41) is 3.06. The zero-order chi connectivity index (χ0) is 13.5. The number of hydrogen-bond acceptors (Lipinski definition) is 4. The van der Waals surface area contributed by atoms with E-state index >= 15 is 0 Å². The van der Waals surface area contributed by atoms with Crippen LogP contribution in [0.15, 0.2) is 18.2 Å². The number of nitrogens with one attached hydrogen (secondary N) is 1. The summed E-state index contributed by atoms with van der Waals surface area (Å²) >= 11 is 4.73. The first kappa shape index (κ1) is 14.8. The molecular formula is C12H17FN2O2S. The normalized spacial score (nSPS) is 12.2. The van der Waals surface area contributed by atoms with Gasteiger partial charge in [-0.3, -0.25) is 0 Å². The molecule has 1 unspecified atom stereocenters. The first-order valence-corrected chi connectivity index (χ1v) is 5.84. The standard InChI is InChI=1S/C12H17FN2O2S/c1-16-7-9(17-2)6-15-8-3-4-10(12(14)18)11(13)5-8/h3-5,9,15H,6-7H2,1-2H3,(H2,14,18). The van der Waals surface area contributed by atoms with E-state index in [2.05, 4.69) is 5.32 Å². The Balaban J connectivity index is 2.63. The van der Waals surface area contributed by atoms with E-state index in [-0.39, 0.29) is 16.7 Å². The third-order valence-electron chi connectivity index (χ3n) is 2.45. The van der Waals surface area contributed by atoms with Gasteiger partial charge in [-0.2, -0.15) is 0 Å². The van der Waals surface area contributed by atoms with E-state index in [4.69, 9.17) is 27.4 Å². The van der Waals surface area contributed by atoms with Crippen molar-refractivity contribution in [1.29, 1.82) is 0 Å². The predicted molar refractivity (Wildman–Crippen MR) is 73.5 cm³/mol. The fraction of sp³-hybridized carbons (Fsp3) is 0.417. The van der Waals surface area contributed by atoms with Crippen LogP contribution in [0.4, 0.5) is 10.1 Å². The summed E-state index contributed by atoms with van der Waals surface area (Å²) in [6, 6.07) is 4.63. The Bertz CT molecular complexity index is 415. The van der Waals surface area contributed by atoms with Crippen LogP contribution in [0.3, 0.4) is 0 Å². The number of methoxy groups -OCH3 is 2. The van der Waals surface area contributed by atoms with Crippen molar-refractivity contribution in [2.45, 2.75) is 6.10 Å². The first-order valence-electron chi connectivity index (χ1n) is 5.43. The average Bonchev–Trinajstić information content (AvgIpc) is 2.34. The Morgan fingerprint density at radius 2 is 2.22 bits per heavy atom. The van der Waals surface area contributed by atoms with Crippen molar-refractivity contribution in [3.63, 3.8) is 0 Å². The molecule has 100 valence electrons. The van der Waals surface area contributed by atoms with Gasteiger partial charge in [0.2, 0.25) is 0 Å². The highest BCUT2D eigenvalue weighted by molar-refractivity contribution is 7.80. The van der Waals surface area contributed by atoms with Crippen molar-refractivity contribution in [3.8, 4) is 0 Å². The molecule has 0 radical (unpaired) electrons. The zero-order valence-corrected chi connectivity index (χ0v) is 11.2. The summed E-state index contributed by atoms with van der Waals surface area (Å²) in [5.74, 6) is -0.437. The lowest BCUT2D eigenvalue weighted by molar-refractivity contribution is 0.0365. The van der Waals surface area contributed by atoms with Gasteiger partial charge in [0.15, 0.2) is 0 Å². The van der Waals surface area contributed by atoms with Gasteiger partial charge in [-0.05, 0) is 18.2 Å². The molecule has 0 saturated carbocycles. The van der Waals surface area contributed by atoms with Gasteiger partial charge >= 0.3 is 0 Å². The topological polar surface area (TPSA) is 56.5 Å². The molecule has 0 fully saturated rings. The molecule has 0 spiro atoms. The highest BCUT2D eigenvalue weighted by Crippen LogP contribution is 2.14. The largest absolute Gasteiger partial charge is 0.389 e. The van der Waals surface area contributed by atoms with Crippen molar-refractivity contribution >= 4 is 22.9 Å². The fourth-order valence-electron chi connectivity index (χ4n) is 1.45. The van der Waals surface area contributed by atoms with Crippen molar-refractivity contribution in [1.82, 2.24) is 0 Å². The van der Waals surface area contributed by atoms with E-state index in [9.17, 15) is 4.39 Å². The van der Waals surface area contributed by atoms with Gasteiger partial charge in [-0.25, -0.2) is 4.39 Å². The Morgan fingerprint density at radius 3 is 2.72 bits per heavy atom. The van der Waals surface area contributed by atoms with E-state index in [1.807, 2.05) is 0 Å². The van der Waals surface area contributed by atoms with E-state index in [0.29, 0.717) is 18.8 Å². The van der Waals surface area contributed by atoms with Crippen LogP contribution < -0.4 is 11.1 Å². The Hall–Kier alpha value is -1.24. The highest BCUT2D eigenvalue weighted by Gasteiger charge is 2.09. The second-order valence-corrected chi connectivity index (χ2v) is 4.19. The molecule has 0 bridgehead atoms. The minimum Gasteiger partial charge on any atom is -0.389 e. The lowest BCUT2D eigenvalue weighted by Crippen LogP contribution is -2.26. The van der Waals surface area contributed by atoms with E-state index in [1.54, 1.807) is 26.4 Å². The van der Waals surface area contributed by atoms with Crippen molar-refractivity contribution in [3.05, 3.63) is 29.6 Å². The molecule has 4 nitrogen and oxygen atoms in total. The maximum absolute atomic E-state index is 13.6. The maximum Gasteiger partial charge on any atom is 0.135 e. The molecular weight excluding hydrogens is 255 g/mol. The lowest BCUT2D eigenvalue weighted by atomic mass is 10.2. The van der Waals surface area contributed by atoms with Gasteiger partial charge in [0.25, 0.3) is 0 Å². The number of benzene rings is 1. The van der Waals surface area contributed by atoms with Gasteiger partial charge in [-0.1, -0.05) is 12.2 Å². The van der Waals surface area contributed by atoms with Crippen molar-refractivity contribution in [2.24, 2.45) is 5.73 Å². The lowest BCUT2D eigenvalue weighted by Gasteiger charge is -2.16. The van der Waals surface area contributed by atoms with E-state index in [1.165, 1.54) is 6.07 Å².